The quantitative estimate of drug-likeness (QED) is 0.168. The summed E-state index contributed by atoms with van der Waals surface area (Å²) in [5.74, 6) is -2.08. The summed E-state index contributed by atoms with van der Waals surface area (Å²) in [6, 6.07) is 4.48. The number of amides is 1. The lowest BCUT2D eigenvalue weighted by Crippen LogP contribution is -2.58. The van der Waals surface area contributed by atoms with Crippen molar-refractivity contribution in [3.05, 3.63) is 88.1 Å². The third-order valence-corrected chi connectivity index (χ3v) is 9.00. The second kappa shape index (κ2) is 13.7. The molecule has 2 atom stereocenters. The zero-order chi connectivity index (χ0) is 39.5. The second-order valence-electron chi connectivity index (χ2n) is 13.0. The topological polar surface area (TPSA) is 144 Å². The SMILES string of the molecule is CCc1cc(C(=O)O)cnc1-c1cc(-c2cnc(N3CC(C)(F)C3)nc2CN2C(=O)OC(c3cc(C(F)(F)F)cc(C(F)(F)F)c3)C2N)c(OC)cc1F. The van der Waals surface area contributed by atoms with E-state index in [4.69, 9.17) is 15.2 Å². The Hall–Kier alpha value is -5.59. The molecule has 2 saturated heterocycles. The molecule has 0 radical (unpaired) electrons. The number of alkyl halides is 7. The predicted octanol–water partition coefficient (Wildman–Crippen LogP) is 7.18. The zero-order valence-corrected chi connectivity index (χ0v) is 28.5. The molecular weight excluding hydrogens is 736 g/mol. The molecule has 0 spiro atoms. The zero-order valence-electron chi connectivity index (χ0n) is 28.5. The van der Waals surface area contributed by atoms with Gasteiger partial charge in [-0.05, 0) is 54.8 Å². The van der Waals surface area contributed by atoms with Gasteiger partial charge in [0.1, 0.15) is 23.4 Å². The number of halogens is 8. The summed E-state index contributed by atoms with van der Waals surface area (Å²) in [5, 5.41) is 9.44. The molecule has 0 bridgehead atoms. The number of ether oxygens (including phenoxy) is 2. The van der Waals surface area contributed by atoms with Crippen molar-refractivity contribution < 1.29 is 59.3 Å². The highest BCUT2D eigenvalue weighted by Crippen LogP contribution is 2.43. The van der Waals surface area contributed by atoms with Crippen molar-refractivity contribution in [3.63, 3.8) is 0 Å². The minimum absolute atomic E-state index is 0.00903. The summed E-state index contributed by atoms with van der Waals surface area (Å²) < 4.78 is 123. The van der Waals surface area contributed by atoms with Gasteiger partial charge in [0, 0.05) is 35.2 Å². The van der Waals surface area contributed by atoms with Crippen molar-refractivity contribution in [2.75, 3.05) is 25.1 Å². The number of aromatic nitrogens is 3. The Bertz CT molecular complexity index is 2100. The molecule has 4 aromatic rings. The van der Waals surface area contributed by atoms with Crippen LogP contribution in [0.1, 0.15) is 58.3 Å². The van der Waals surface area contributed by atoms with E-state index in [0.29, 0.717) is 17.7 Å². The number of aromatic carboxylic acids is 1. The number of hydrogen-bond acceptors (Lipinski definition) is 9. The number of anilines is 1. The maximum absolute atomic E-state index is 15.7. The fraction of sp³-hybridized carbons (Fsp3) is 0.343. The van der Waals surface area contributed by atoms with Crippen LogP contribution in [0.25, 0.3) is 22.4 Å². The highest BCUT2D eigenvalue weighted by Gasteiger charge is 2.45. The van der Waals surface area contributed by atoms with Gasteiger partial charge in [-0.15, -0.1) is 0 Å². The van der Waals surface area contributed by atoms with Gasteiger partial charge in [0.15, 0.2) is 6.10 Å². The van der Waals surface area contributed by atoms with Gasteiger partial charge in [-0.3, -0.25) is 9.88 Å². The Morgan fingerprint density at radius 3 is 2.20 bits per heavy atom. The van der Waals surface area contributed by atoms with Crippen LogP contribution < -0.4 is 15.4 Å². The molecule has 3 N–H and O–H groups in total. The van der Waals surface area contributed by atoms with Crippen molar-refractivity contribution in [2.24, 2.45) is 5.73 Å². The molecular formula is C35H30F8N6O5. The van der Waals surface area contributed by atoms with Gasteiger partial charge in [-0.2, -0.15) is 26.3 Å². The van der Waals surface area contributed by atoms with E-state index in [9.17, 15) is 45.4 Å². The van der Waals surface area contributed by atoms with Gasteiger partial charge in [-0.1, -0.05) is 6.92 Å². The van der Waals surface area contributed by atoms with E-state index < -0.39 is 71.4 Å². The van der Waals surface area contributed by atoms with Crippen LogP contribution in [0.2, 0.25) is 0 Å². The number of cyclic esters (lactones) is 1. The molecule has 1 amide bonds. The molecule has 11 nitrogen and oxygen atoms in total. The summed E-state index contributed by atoms with van der Waals surface area (Å²) >= 11 is 0. The predicted molar refractivity (Wildman–Crippen MR) is 174 cm³/mol. The van der Waals surface area contributed by atoms with Gasteiger partial charge in [0.05, 0.1) is 54.8 Å². The number of methoxy groups -OCH3 is 1. The van der Waals surface area contributed by atoms with Gasteiger partial charge < -0.3 is 25.2 Å². The molecule has 2 aromatic heterocycles. The normalized spacial score (nSPS) is 18.4. The molecule has 2 aliphatic rings. The maximum atomic E-state index is 15.7. The summed E-state index contributed by atoms with van der Waals surface area (Å²) in [6.07, 6.45) is -12.4. The van der Waals surface area contributed by atoms with Crippen molar-refractivity contribution in [3.8, 4) is 28.1 Å². The number of pyridine rings is 1. The van der Waals surface area contributed by atoms with Crippen LogP contribution in [0.15, 0.2) is 48.8 Å². The molecule has 6 rings (SSSR count). The van der Waals surface area contributed by atoms with E-state index in [2.05, 4.69) is 15.0 Å². The van der Waals surface area contributed by atoms with Crippen molar-refractivity contribution in [1.82, 2.24) is 19.9 Å². The highest BCUT2D eigenvalue weighted by atomic mass is 19.4. The Labute approximate surface area is 301 Å². The molecule has 2 aliphatic heterocycles. The summed E-state index contributed by atoms with van der Waals surface area (Å²) in [5.41, 5.74) is 1.35. The first-order valence-corrected chi connectivity index (χ1v) is 16.1. The highest BCUT2D eigenvalue weighted by molar-refractivity contribution is 5.88. The van der Waals surface area contributed by atoms with E-state index in [1.54, 1.807) is 6.92 Å². The minimum atomic E-state index is -5.18. The Morgan fingerprint density at radius 1 is 1.00 bits per heavy atom. The van der Waals surface area contributed by atoms with E-state index in [1.165, 1.54) is 37.3 Å². The first-order chi connectivity index (χ1) is 25.2. The molecule has 0 aliphatic carbocycles. The van der Waals surface area contributed by atoms with Crippen LogP contribution in [0.4, 0.5) is 45.9 Å². The molecule has 54 heavy (non-hydrogen) atoms. The monoisotopic (exact) mass is 766 g/mol. The number of carboxylic acid groups (broad SMARTS) is 1. The number of carboxylic acids is 1. The van der Waals surface area contributed by atoms with Crippen molar-refractivity contribution in [2.45, 2.75) is 57.1 Å². The summed E-state index contributed by atoms with van der Waals surface area (Å²) in [4.78, 5) is 40.2. The van der Waals surface area contributed by atoms with E-state index in [1.807, 2.05) is 0 Å². The molecule has 4 heterocycles. The molecule has 19 heteroatoms. The number of nitrogens with two attached hydrogens (primary N) is 1. The minimum Gasteiger partial charge on any atom is -0.496 e. The number of aryl methyl sites for hydroxylation is 1. The largest absolute Gasteiger partial charge is 0.496 e. The average Bonchev–Trinajstić information content (AvgIpc) is 3.37. The van der Waals surface area contributed by atoms with Crippen LogP contribution in [0.3, 0.4) is 0 Å². The van der Waals surface area contributed by atoms with Gasteiger partial charge in [-0.25, -0.2) is 28.3 Å². The standard InChI is InChI=1S/C35H30F8N6O5/c1-4-16-5-18(30(50)51)11-45-27(16)22-9-21(26(53-3)10-24(22)36)23-12-46-31(48-14-33(2,37)15-48)47-25(23)13-49-29(44)28(54-32(49)52)17-6-19(34(38,39)40)8-20(7-17)35(41,42)43/h5-12,28-29H,4,13-15,44H2,1-3H3,(H,50,51). The van der Waals surface area contributed by atoms with Crippen LogP contribution in [-0.2, 0) is 30.1 Å². The lowest BCUT2D eigenvalue weighted by molar-refractivity contribution is -0.143. The smallest absolute Gasteiger partial charge is 0.416 e. The fourth-order valence-corrected chi connectivity index (χ4v) is 6.32. The number of benzene rings is 2. The molecule has 2 fully saturated rings. The van der Waals surface area contributed by atoms with Crippen LogP contribution >= 0.6 is 0 Å². The first-order valence-electron chi connectivity index (χ1n) is 16.1. The number of carbonyl (C=O) groups excluding carboxylic acids is 1. The number of hydrogen-bond donors (Lipinski definition) is 2. The molecule has 2 unspecified atom stereocenters. The van der Waals surface area contributed by atoms with Crippen molar-refractivity contribution in [1.29, 1.82) is 0 Å². The van der Waals surface area contributed by atoms with Gasteiger partial charge in [0.2, 0.25) is 5.95 Å². The summed E-state index contributed by atoms with van der Waals surface area (Å²) in [7, 11) is 1.25. The van der Waals surface area contributed by atoms with E-state index >= 15 is 4.39 Å². The van der Waals surface area contributed by atoms with Crippen LogP contribution in [-0.4, -0.2) is 69.1 Å². The lowest BCUT2D eigenvalue weighted by Gasteiger charge is -2.42. The summed E-state index contributed by atoms with van der Waals surface area (Å²) in [6.45, 7) is 2.32. The van der Waals surface area contributed by atoms with Crippen LogP contribution in [0.5, 0.6) is 5.75 Å². The third-order valence-electron chi connectivity index (χ3n) is 9.00. The van der Waals surface area contributed by atoms with E-state index in [0.717, 1.165) is 17.2 Å². The Morgan fingerprint density at radius 2 is 1.65 bits per heavy atom. The lowest BCUT2D eigenvalue weighted by atomic mass is 9.96. The Kier molecular flexibility index (Phi) is 9.66. The van der Waals surface area contributed by atoms with Crippen LogP contribution in [0, 0.1) is 5.82 Å². The first kappa shape index (κ1) is 38.1. The molecule has 2 aromatic carbocycles. The number of nitrogens with zero attached hydrogens (tertiary/aromatic N) is 5. The Balaban J connectivity index is 1.45. The van der Waals surface area contributed by atoms with E-state index in [-0.39, 0.29) is 70.9 Å². The van der Waals surface area contributed by atoms with Gasteiger partial charge >= 0.3 is 24.4 Å². The number of rotatable bonds is 9. The second-order valence-corrected chi connectivity index (χ2v) is 13.0. The van der Waals surface area contributed by atoms with Crippen molar-refractivity contribution >= 4 is 18.0 Å². The fourth-order valence-electron chi connectivity index (χ4n) is 6.32. The maximum Gasteiger partial charge on any atom is 0.416 e. The number of carbonyl (C=O) groups is 2. The molecule has 286 valence electrons. The average molecular weight is 767 g/mol. The molecule has 0 saturated carbocycles. The van der Waals surface area contributed by atoms with Gasteiger partial charge in [0.25, 0.3) is 0 Å². The third kappa shape index (κ3) is 7.31.